The van der Waals surface area contributed by atoms with Crippen molar-refractivity contribution in [2.75, 3.05) is 0 Å². The molecule has 0 saturated heterocycles. The number of esters is 1. The van der Waals surface area contributed by atoms with Gasteiger partial charge in [-0.2, -0.15) is 4.72 Å². The van der Waals surface area contributed by atoms with Crippen molar-refractivity contribution in [2.45, 2.75) is 30.9 Å². The standard InChI is InChI=1S/C19H17Br2NO4S/c1-11-6-8-14(9-7-11)27(24,25)22-17(13-5-3-4-12(2)10-13)18-15(20)16(21)19(23)26-18/h3-10,17-18,22H,1-2H3/t17-,18-/m1/s1. The number of aryl methyl sites for hydroxylation is 2. The van der Waals surface area contributed by atoms with Gasteiger partial charge in [0.1, 0.15) is 4.48 Å². The molecule has 0 aromatic heterocycles. The van der Waals surface area contributed by atoms with Gasteiger partial charge in [-0.25, -0.2) is 13.2 Å². The second-order valence-electron chi connectivity index (χ2n) is 6.31. The third kappa shape index (κ3) is 4.34. The number of cyclic esters (lactones) is 1. The molecule has 3 rings (SSSR count). The van der Waals surface area contributed by atoms with E-state index in [4.69, 9.17) is 4.74 Å². The van der Waals surface area contributed by atoms with Crippen molar-refractivity contribution in [2.24, 2.45) is 0 Å². The predicted molar refractivity (Wildman–Crippen MR) is 110 cm³/mol. The number of sulfonamides is 1. The highest BCUT2D eigenvalue weighted by molar-refractivity contribution is 9.14. The molecule has 142 valence electrons. The average Bonchev–Trinajstić information content (AvgIpc) is 2.87. The number of nitrogens with one attached hydrogen (secondary N) is 1. The molecule has 2 aromatic carbocycles. The van der Waals surface area contributed by atoms with Gasteiger partial charge in [-0.3, -0.25) is 0 Å². The molecule has 8 heteroatoms. The SMILES string of the molecule is Cc1ccc(S(=O)(=O)N[C@H](c2cccc(C)c2)[C@@H]2OC(=O)C(Br)=C2Br)cc1. The van der Waals surface area contributed by atoms with Crippen LogP contribution in [0, 0.1) is 13.8 Å². The Kier molecular flexibility index (Phi) is 5.90. The molecule has 0 fully saturated rings. The molecule has 0 bridgehead atoms. The first kappa shape index (κ1) is 20.3. The van der Waals surface area contributed by atoms with E-state index in [1.165, 1.54) is 0 Å². The van der Waals surface area contributed by atoms with Crippen LogP contribution >= 0.6 is 31.9 Å². The van der Waals surface area contributed by atoms with Crippen LogP contribution in [0.4, 0.5) is 0 Å². The van der Waals surface area contributed by atoms with E-state index in [-0.39, 0.29) is 9.38 Å². The third-order valence-corrected chi connectivity index (χ3v) is 7.78. The van der Waals surface area contributed by atoms with E-state index in [2.05, 4.69) is 36.6 Å². The summed E-state index contributed by atoms with van der Waals surface area (Å²) >= 11 is 6.53. The second kappa shape index (κ2) is 7.87. The predicted octanol–water partition coefficient (Wildman–Crippen LogP) is 4.25. The van der Waals surface area contributed by atoms with E-state index >= 15 is 0 Å². The Hall–Kier alpha value is -1.48. The molecular formula is C19H17Br2NO4S. The largest absolute Gasteiger partial charge is 0.451 e. The fourth-order valence-corrected chi connectivity index (χ4v) is 4.84. The molecule has 1 aliphatic rings. The van der Waals surface area contributed by atoms with E-state index < -0.39 is 28.1 Å². The quantitative estimate of drug-likeness (QED) is 0.605. The normalized spacial score (nSPS) is 18.5. The maximum atomic E-state index is 12.9. The summed E-state index contributed by atoms with van der Waals surface area (Å²) in [7, 11) is -3.83. The van der Waals surface area contributed by atoms with Crippen LogP contribution in [0.25, 0.3) is 0 Å². The van der Waals surface area contributed by atoms with Gasteiger partial charge in [0.15, 0.2) is 6.10 Å². The molecule has 1 aliphatic heterocycles. The summed E-state index contributed by atoms with van der Waals surface area (Å²) in [6, 6.07) is 13.2. The molecule has 0 unspecified atom stereocenters. The number of halogens is 2. The topological polar surface area (TPSA) is 72.5 Å². The minimum atomic E-state index is -3.83. The van der Waals surface area contributed by atoms with E-state index in [0.29, 0.717) is 10.0 Å². The van der Waals surface area contributed by atoms with Crippen molar-refractivity contribution in [1.29, 1.82) is 0 Å². The van der Waals surface area contributed by atoms with Crippen molar-refractivity contribution in [1.82, 2.24) is 4.72 Å². The van der Waals surface area contributed by atoms with Crippen molar-refractivity contribution in [3.63, 3.8) is 0 Å². The molecule has 0 amide bonds. The maximum Gasteiger partial charge on any atom is 0.346 e. The van der Waals surface area contributed by atoms with Crippen LogP contribution in [-0.2, 0) is 19.6 Å². The van der Waals surface area contributed by atoms with Gasteiger partial charge >= 0.3 is 5.97 Å². The van der Waals surface area contributed by atoms with Crippen LogP contribution in [0.3, 0.4) is 0 Å². The van der Waals surface area contributed by atoms with E-state index in [9.17, 15) is 13.2 Å². The monoisotopic (exact) mass is 513 g/mol. The Balaban J connectivity index is 2.03. The Morgan fingerprint density at radius 3 is 2.26 bits per heavy atom. The van der Waals surface area contributed by atoms with E-state index in [1.807, 2.05) is 32.0 Å². The van der Waals surface area contributed by atoms with Gasteiger partial charge in [-0.1, -0.05) is 47.5 Å². The number of rotatable bonds is 5. The highest BCUT2D eigenvalue weighted by Gasteiger charge is 2.40. The Labute approximate surface area is 175 Å². The number of carbonyl (C=O) groups is 1. The molecule has 0 aliphatic carbocycles. The van der Waals surface area contributed by atoms with Crippen LogP contribution < -0.4 is 4.72 Å². The van der Waals surface area contributed by atoms with Gasteiger partial charge in [0.25, 0.3) is 0 Å². The third-order valence-electron chi connectivity index (χ3n) is 4.19. The molecule has 1 N–H and O–H groups in total. The van der Waals surface area contributed by atoms with Gasteiger partial charge in [-0.15, -0.1) is 0 Å². The Morgan fingerprint density at radius 2 is 1.70 bits per heavy atom. The minimum Gasteiger partial charge on any atom is -0.451 e. The molecule has 0 saturated carbocycles. The second-order valence-corrected chi connectivity index (χ2v) is 9.68. The van der Waals surface area contributed by atoms with Gasteiger partial charge in [0, 0.05) is 0 Å². The zero-order valence-electron chi connectivity index (χ0n) is 14.6. The van der Waals surface area contributed by atoms with Crippen molar-refractivity contribution in [3.8, 4) is 0 Å². The molecule has 2 atom stereocenters. The first-order valence-corrected chi connectivity index (χ1v) is 11.2. The van der Waals surface area contributed by atoms with Crippen molar-refractivity contribution < 1.29 is 17.9 Å². The van der Waals surface area contributed by atoms with Crippen molar-refractivity contribution >= 4 is 47.9 Å². The van der Waals surface area contributed by atoms with Crippen molar-refractivity contribution in [3.05, 3.63) is 74.2 Å². The number of hydrogen-bond donors (Lipinski definition) is 1. The fraction of sp³-hybridized carbons (Fsp3) is 0.211. The number of ether oxygens (including phenoxy) is 1. The molecular weight excluding hydrogens is 498 g/mol. The minimum absolute atomic E-state index is 0.147. The highest BCUT2D eigenvalue weighted by Crippen LogP contribution is 2.38. The molecule has 1 heterocycles. The lowest BCUT2D eigenvalue weighted by Crippen LogP contribution is -2.37. The van der Waals surface area contributed by atoms with Gasteiger partial charge in [-0.05, 0) is 63.4 Å². The van der Waals surface area contributed by atoms with Crippen LogP contribution in [0.2, 0.25) is 0 Å². The summed E-state index contributed by atoms with van der Waals surface area (Å²) in [5.74, 6) is -0.543. The van der Waals surface area contributed by atoms with Crippen LogP contribution in [0.15, 0.2) is 62.4 Å². The van der Waals surface area contributed by atoms with Gasteiger partial charge in [0.05, 0.1) is 15.4 Å². The summed E-state index contributed by atoms with van der Waals surface area (Å²) in [5.41, 5.74) is 2.63. The summed E-state index contributed by atoms with van der Waals surface area (Å²) < 4.78 is 34.7. The lowest BCUT2D eigenvalue weighted by molar-refractivity contribution is -0.139. The number of hydrogen-bond acceptors (Lipinski definition) is 4. The van der Waals surface area contributed by atoms with Crippen LogP contribution in [0.1, 0.15) is 22.7 Å². The summed E-state index contributed by atoms with van der Waals surface area (Å²) in [6.45, 7) is 3.80. The first-order chi connectivity index (χ1) is 12.7. The number of benzene rings is 2. The lowest BCUT2D eigenvalue weighted by Gasteiger charge is -2.25. The summed E-state index contributed by atoms with van der Waals surface area (Å²) in [6.07, 6.45) is -0.811. The summed E-state index contributed by atoms with van der Waals surface area (Å²) in [5, 5.41) is 0. The maximum absolute atomic E-state index is 12.9. The highest BCUT2D eigenvalue weighted by atomic mass is 79.9. The van der Waals surface area contributed by atoms with Crippen LogP contribution in [-0.4, -0.2) is 20.5 Å². The first-order valence-electron chi connectivity index (χ1n) is 8.11. The zero-order valence-corrected chi connectivity index (χ0v) is 18.6. The van der Waals surface area contributed by atoms with Crippen LogP contribution in [0.5, 0.6) is 0 Å². The number of carbonyl (C=O) groups excluding carboxylic acids is 1. The fourth-order valence-electron chi connectivity index (χ4n) is 2.78. The Bertz CT molecular complexity index is 1020. The van der Waals surface area contributed by atoms with Gasteiger partial charge < -0.3 is 4.74 Å². The van der Waals surface area contributed by atoms with E-state index in [1.54, 1.807) is 30.3 Å². The Morgan fingerprint density at radius 1 is 1.04 bits per heavy atom. The molecule has 0 spiro atoms. The summed E-state index contributed by atoms with van der Waals surface area (Å²) in [4.78, 5) is 12.1. The van der Waals surface area contributed by atoms with E-state index in [0.717, 1.165) is 11.1 Å². The smallest absolute Gasteiger partial charge is 0.346 e. The average molecular weight is 515 g/mol. The molecule has 5 nitrogen and oxygen atoms in total. The molecule has 0 radical (unpaired) electrons. The van der Waals surface area contributed by atoms with Gasteiger partial charge in [0.2, 0.25) is 10.0 Å². The molecule has 27 heavy (non-hydrogen) atoms. The molecule has 2 aromatic rings. The lowest BCUT2D eigenvalue weighted by atomic mass is 10.0. The zero-order chi connectivity index (χ0) is 19.8.